The van der Waals surface area contributed by atoms with Crippen LogP contribution in [0.25, 0.3) is 10.9 Å². The molecule has 3 aromatic rings. The van der Waals surface area contributed by atoms with Gasteiger partial charge in [-0.2, -0.15) is 0 Å². The molecule has 0 aliphatic carbocycles. The fraction of sp³-hybridized carbons (Fsp3) is 0.150. The number of nitrogens with zero attached hydrogens (tertiary/aromatic N) is 1. The number of rotatable bonds is 6. The molecule has 0 fully saturated rings. The smallest absolute Gasteiger partial charge is 0.337 e. The summed E-state index contributed by atoms with van der Waals surface area (Å²) >= 11 is 0. The predicted molar refractivity (Wildman–Crippen MR) is 101 cm³/mol. The van der Waals surface area contributed by atoms with Crippen LogP contribution >= 0.6 is 0 Å². The Labute approximate surface area is 151 Å². The summed E-state index contributed by atoms with van der Waals surface area (Å²) in [6, 6.07) is 16.4. The summed E-state index contributed by atoms with van der Waals surface area (Å²) in [6.07, 6.45) is 2.01. The molecule has 132 valence electrons. The van der Waals surface area contributed by atoms with Crippen molar-refractivity contribution in [2.45, 2.75) is 6.42 Å². The molecular formula is C20H19N3O3. The number of para-hydroxylation sites is 1. The number of esters is 1. The molecule has 0 aliphatic rings. The van der Waals surface area contributed by atoms with Crippen LogP contribution in [0, 0.1) is 0 Å². The van der Waals surface area contributed by atoms with Gasteiger partial charge in [0.25, 0.3) is 0 Å². The largest absolute Gasteiger partial charge is 0.465 e. The van der Waals surface area contributed by atoms with Crippen molar-refractivity contribution < 1.29 is 14.3 Å². The Balaban J connectivity index is 1.53. The highest BCUT2D eigenvalue weighted by Crippen LogP contribution is 2.20. The third kappa shape index (κ3) is 4.16. The van der Waals surface area contributed by atoms with Gasteiger partial charge in [-0.3, -0.25) is 9.78 Å². The van der Waals surface area contributed by atoms with Crippen molar-refractivity contribution in [3.63, 3.8) is 0 Å². The second kappa shape index (κ2) is 8.11. The lowest BCUT2D eigenvalue weighted by Gasteiger charge is -2.09. The molecule has 0 saturated carbocycles. The lowest BCUT2D eigenvalue weighted by atomic mass is 10.2. The van der Waals surface area contributed by atoms with Gasteiger partial charge in [0.05, 0.1) is 23.9 Å². The van der Waals surface area contributed by atoms with Crippen LogP contribution in [-0.2, 0) is 9.53 Å². The fourth-order valence-corrected chi connectivity index (χ4v) is 2.58. The number of hydrogen-bond donors (Lipinski definition) is 2. The highest BCUT2D eigenvalue weighted by Gasteiger charge is 2.07. The minimum atomic E-state index is -0.375. The SMILES string of the molecule is COC(=O)c1ccc(NCCC(=O)Nc2cccc3cccnc23)cc1. The van der Waals surface area contributed by atoms with Crippen molar-refractivity contribution in [1.82, 2.24) is 4.98 Å². The molecule has 0 bridgehead atoms. The quantitative estimate of drug-likeness (QED) is 0.666. The van der Waals surface area contributed by atoms with Crippen LogP contribution in [0.15, 0.2) is 60.8 Å². The number of fused-ring (bicyclic) bond motifs is 1. The normalized spacial score (nSPS) is 10.3. The number of benzene rings is 2. The summed E-state index contributed by atoms with van der Waals surface area (Å²) in [5, 5.41) is 7.03. The molecule has 0 saturated heterocycles. The first-order valence-corrected chi connectivity index (χ1v) is 8.23. The molecule has 3 rings (SSSR count). The molecule has 6 heteroatoms. The van der Waals surface area contributed by atoms with Crippen molar-refractivity contribution in [3.8, 4) is 0 Å². The maximum Gasteiger partial charge on any atom is 0.337 e. The van der Waals surface area contributed by atoms with E-state index in [1.54, 1.807) is 30.5 Å². The Kier molecular flexibility index (Phi) is 5.43. The molecule has 0 atom stereocenters. The van der Waals surface area contributed by atoms with E-state index in [0.717, 1.165) is 16.6 Å². The number of aromatic nitrogens is 1. The van der Waals surface area contributed by atoms with Crippen molar-refractivity contribution in [2.24, 2.45) is 0 Å². The Morgan fingerprint density at radius 3 is 2.58 bits per heavy atom. The Hall–Kier alpha value is -3.41. The number of carbonyl (C=O) groups is 2. The van der Waals surface area contributed by atoms with E-state index >= 15 is 0 Å². The number of hydrogen-bond acceptors (Lipinski definition) is 5. The number of ether oxygens (including phenoxy) is 1. The monoisotopic (exact) mass is 349 g/mol. The molecule has 1 heterocycles. The molecule has 0 unspecified atom stereocenters. The van der Waals surface area contributed by atoms with Crippen LogP contribution in [0.3, 0.4) is 0 Å². The zero-order chi connectivity index (χ0) is 18.4. The highest BCUT2D eigenvalue weighted by molar-refractivity contribution is 6.00. The number of nitrogens with one attached hydrogen (secondary N) is 2. The zero-order valence-corrected chi connectivity index (χ0v) is 14.4. The topological polar surface area (TPSA) is 80.3 Å². The summed E-state index contributed by atoms with van der Waals surface area (Å²) in [5.74, 6) is -0.471. The van der Waals surface area contributed by atoms with Gasteiger partial charge in [0.2, 0.25) is 5.91 Å². The van der Waals surface area contributed by atoms with E-state index < -0.39 is 0 Å². The van der Waals surface area contributed by atoms with Gasteiger partial charge in [-0.25, -0.2) is 4.79 Å². The van der Waals surface area contributed by atoms with Crippen LogP contribution in [0.1, 0.15) is 16.8 Å². The minimum absolute atomic E-state index is 0.0955. The number of amides is 1. The van der Waals surface area contributed by atoms with Crippen LogP contribution < -0.4 is 10.6 Å². The van der Waals surface area contributed by atoms with Gasteiger partial charge in [0, 0.05) is 30.2 Å². The lowest BCUT2D eigenvalue weighted by molar-refractivity contribution is -0.115. The molecule has 0 spiro atoms. The summed E-state index contributed by atoms with van der Waals surface area (Å²) in [6.45, 7) is 0.474. The van der Waals surface area contributed by atoms with E-state index in [9.17, 15) is 9.59 Å². The molecule has 2 N–H and O–H groups in total. The van der Waals surface area contributed by atoms with Crippen LogP contribution in [0.5, 0.6) is 0 Å². The fourth-order valence-electron chi connectivity index (χ4n) is 2.58. The summed E-state index contributed by atoms with van der Waals surface area (Å²) in [5.41, 5.74) is 2.79. The van der Waals surface area contributed by atoms with E-state index in [0.29, 0.717) is 24.2 Å². The van der Waals surface area contributed by atoms with Gasteiger partial charge >= 0.3 is 5.97 Å². The van der Waals surface area contributed by atoms with E-state index in [1.165, 1.54) is 7.11 Å². The van der Waals surface area contributed by atoms with Gasteiger partial charge in [0.15, 0.2) is 0 Å². The summed E-state index contributed by atoms with van der Waals surface area (Å²) in [7, 11) is 1.35. The molecular weight excluding hydrogens is 330 g/mol. The highest BCUT2D eigenvalue weighted by atomic mass is 16.5. The van der Waals surface area contributed by atoms with Gasteiger partial charge in [0.1, 0.15) is 0 Å². The predicted octanol–water partition coefficient (Wildman–Crippen LogP) is 3.46. The maximum absolute atomic E-state index is 12.2. The van der Waals surface area contributed by atoms with E-state index in [4.69, 9.17) is 0 Å². The second-order valence-electron chi connectivity index (χ2n) is 5.67. The number of methoxy groups -OCH3 is 1. The van der Waals surface area contributed by atoms with Crippen molar-refractivity contribution in [1.29, 1.82) is 0 Å². The Morgan fingerprint density at radius 1 is 1.04 bits per heavy atom. The molecule has 1 aromatic heterocycles. The lowest BCUT2D eigenvalue weighted by Crippen LogP contribution is -2.16. The summed E-state index contributed by atoms with van der Waals surface area (Å²) < 4.78 is 4.66. The van der Waals surface area contributed by atoms with Gasteiger partial charge in [-0.15, -0.1) is 0 Å². The van der Waals surface area contributed by atoms with Gasteiger partial charge in [-0.05, 0) is 36.4 Å². The minimum Gasteiger partial charge on any atom is -0.465 e. The molecule has 6 nitrogen and oxygen atoms in total. The average Bonchev–Trinajstić information content (AvgIpc) is 2.68. The number of pyridine rings is 1. The first kappa shape index (κ1) is 17.4. The second-order valence-corrected chi connectivity index (χ2v) is 5.67. The Morgan fingerprint density at radius 2 is 1.81 bits per heavy atom. The number of anilines is 2. The Bertz CT molecular complexity index is 918. The van der Waals surface area contributed by atoms with E-state index in [1.807, 2.05) is 30.3 Å². The molecule has 1 amide bonds. The van der Waals surface area contributed by atoms with Crippen LogP contribution in [0.4, 0.5) is 11.4 Å². The molecule has 0 radical (unpaired) electrons. The molecule has 0 aliphatic heterocycles. The molecule has 2 aromatic carbocycles. The maximum atomic E-state index is 12.2. The van der Waals surface area contributed by atoms with Crippen molar-refractivity contribution in [2.75, 3.05) is 24.3 Å². The zero-order valence-electron chi connectivity index (χ0n) is 14.4. The third-order valence-electron chi connectivity index (χ3n) is 3.89. The van der Waals surface area contributed by atoms with Crippen molar-refractivity contribution in [3.05, 3.63) is 66.4 Å². The standard InChI is InChI=1S/C20H19N3O3/c1-26-20(25)15-7-9-16(10-8-15)21-13-11-18(24)23-17-6-2-4-14-5-3-12-22-19(14)17/h2-10,12,21H,11,13H2,1H3,(H,23,24). The van der Waals surface area contributed by atoms with E-state index in [-0.39, 0.29) is 11.9 Å². The summed E-state index contributed by atoms with van der Waals surface area (Å²) in [4.78, 5) is 27.9. The molecule has 26 heavy (non-hydrogen) atoms. The third-order valence-corrected chi connectivity index (χ3v) is 3.89. The van der Waals surface area contributed by atoms with Crippen LogP contribution in [-0.4, -0.2) is 30.5 Å². The van der Waals surface area contributed by atoms with E-state index in [2.05, 4.69) is 20.4 Å². The average molecular weight is 349 g/mol. The van der Waals surface area contributed by atoms with Gasteiger partial charge in [-0.1, -0.05) is 18.2 Å². The van der Waals surface area contributed by atoms with Crippen LogP contribution in [0.2, 0.25) is 0 Å². The number of carbonyl (C=O) groups excluding carboxylic acids is 2. The first-order chi connectivity index (χ1) is 12.7. The first-order valence-electron chi connectivity index (χ1n) is 8.23. The van der Waals surface area contributed by atoms with Gasteiger partial charge < -0.3 is 15.4 Å². The van der Waals surface area contributed by atoms with Crippen molar-refractivity contribution >= 4 is 34.2 Å².